The van der Waals surface area contributed by atoms with Gasteiger partial charge in [-0.25, -0.2) is 0 Å². The van der Waals surface area contributed by atoms with Gasteiger partial charge >= 0.3 is 0 Å². The summed E-state index contributed by atoms with van der Waals surface area (Å²) in [6.45, 7) is 3.17. The summed E-state index contributed by atoms with van der Waals surface area (Å²) >= 11 is 0. The Balaban J connectivity index is 1.60. The summed E-state index contributed by atoms with van der Waals surface area (Å²) in [6.07, 6.45) is 10.3. The molecule has 0 heterocycles. The van der Waals surface area contributed by atoms with Crippen LogP contribution in [-0.2, 0) is 19.0 Å². The number of methoxy groups -OCH3 is 2. The maximum atomic E-state index is 12.9. The summed E-state index contributed by atoms with van der Waals surface area (Å²) in [4.78, 5) is 12.9. The average Bonchev–Trinajstić information content (AvgIpc) is 3.12. The molecule has 0 saturated heterocycles. The van der Waals surface area contributed by atoms with Crippen LogP contribution in [-0.4, -0.2) is 51.2 Å². The van der Waals surface area contributed by atoms with Gasteiger partial charge in [0.25, 0.3) is 0 Å². The van der Waals surface area contributed by atoms with Crippen molar-refractivity contribution in [2.24, 2.45) is 40.4 Å². The molecule has 0 aliphatic heterocycles. The average molecular weight is 409 g/mol. The van der Waals surface area contributed by atoms with E-state index in [1.165, 1.54) is 12.8 Å². The molecular weight excluding hydrogens is 368 g/mol. The quantitative estimate of drug-likeness (QED) is 0.649. The lowest BCUT2D eigenvalue weighted by molar-refractivity contribution is -0.180. The van der Waals surface area contributed by atoms with E-state index in [2.05, 4.69) is 0 Å². The highest BCUT2D eigenvalue weighted by atomic mass is 16.7. The van der Waals surface area contributed by atoms with Crippen molar-refractivity contribution in [2.75, 3.05) is 34.2 Å². The number of Topliss-reactive ketones (excluding diaryl/α,β-unsaturated/α-hetero) is 1. The van der Waals surface area contributed by atoms with E-state index in [1.807, 2.05) is 7.11 Å². The number of rotatable bonds is 7. The predicted molar refractivity (Wildman–Crippen MR) is 110 cm³/mol. The molecule has 8 atom stereocenters. The molecule has 0 aromatic carbocycles. The van der Waals surface area contributed by atoms with Crippen molar-refractivity contribution in [3.63, 3.8) is 0 Å². The molecule has 0 amide bonds. The third kappa shape index (κ3) is 3.31. The molecule has 4 aliphatic rings. The Labute approximate surface area is 175 Å². The van der Waals surface area contributed by atoms with Gasteiger partial charge in [-0.15, -0.1) is 0 Å². The first-order valence-corrected chi connectivity index (χ1v) is 11.7. The van der Waals surface area contributed by atoms with E-state index in [0.717, 1.165) is 51.6 Å². The molecule has 0 radical (unpaired) electrons. The van der Waals surface area contributed by atoms with Gasteiger partial charge in [0.1, 0.15) is 12.6 Å². The summed E-state index contributed by atoms with van der Waals surface area (Å²) in [6, 6.07) is 0. The first-order valence-electron chi connectivity index (χ1n) is 11.7. The summed E-state index contributed by atoms with van der Waals surface area (Å²) in [5.74, 6) is 2.83. The maximum absolute atomic E-state index is 12.9. The van der Waals surface area contributed by atoms with Crippen LogP contribution in [0.2, 0.25) is 0 Å². The Morgan fingerprint density at radius 2 is 1.83 bits per heavy atom. The summed E-state index contributed by atoms with van der Waals surface area (Å²) in [5, 5.41) is 10.0. The normalized spacial score (nSPS) is 46.6. The molecular formula is C24H40O5. The van der Waals surface area contributed by atoms with Gasteiger partial charge in [0.05, 0.1) is 12.7 Å². The van der Waals surface area contributed by atoms with E-state index in [9.17, 15) is 9.90 Å². The van der Waals surface area contributed by atoms with Crippen molar-refractivity contribution >= 4 is 5.78 Å². The smallest absolute Gasteiger partial charge is 0.146 e. The van der Waals surface area contributed by atoms with Crippen molar-refractivity contribution < 1.29 is 24.1 Å². The van der Waals surface area contributed by atoms with Gasteiger partial charge in [0.15, 0.2) is 0 Å². The van der Waals surface area contributed by atoms with E-state index in [0.29, 0.717) is 42.4 Å². The SMILES string of the molecule is COCO[C@@H]1CC[C@@]2(COC)[C@@H](CC[C@@H]3[C@@H]2CC[C@]2(C(C)=O)[C@@H](CO)CC[C@@H]32)C1. The van der Waals surface area contributed by atoms with Crippen LogP contribution in [0.25, 0.3) is 0 Å². The van der Waals surface area contributed by atoms with Crippen molar-refractivity contribution in [3.8, 4) is 0 Å². The number of hydrogen-bond acceptors (Lipinski definition) is 5. The monoisotopic (exact) mass is 408 g/mol. The Hall–Kier alpha value is -0.490. The standard InChI is InChI=1S/C24H40O5/c1-16(26)24-11-9-21-20(22(24)7-5-18(24)13-25)6-4-17-12-19(29-15-28-3)8-10-23(17,21)14-27-2/h17-22,25H,4-15H2,1-3H3/t17-,18+,19+,20+,21-,22-,23+,24-/m0/s1. The molecule has 4 saturated carbocycles. The first kappa shape index (κ1) is 21.7. The number of hydrogen-bond donors (Lipinski definition) is 1. The number of fused-ring (bicyclic) bond motifs is 5. The highest BCUT2D eigenvalue weighted by Gasteiger charge is 2.64. The number of aliphatic hydroxyl groups excluding tert-OH is 1. The fourth-order valence-electron chi connectivity index (χ4n) is 8.64. The molecule has 0 aromatic heterocycles. The van der Waals surface area contributed by atoms with Crippen LogP contribution in [0, 0.1) is 40.4 Å². The van der Waals surface area contributed by atoms with Gasteiger partial charge in [-0.05, 0) is 99.7 Å². The van der Waals surface area contributed by atoms with Crippen LogP contribution in [0.3, 0.4) is 0 Å². The topological polar surface area (TPSA) is 65.0 Å². The fraction of sp³-hybridized carbons (Fsp3) is 0.958. The summed E-state index contributed by atoms with van der Waals surface area (Å²) in [7, 11) is 3.54. The molecule has 0 unspecified atom stereocenters. The molecule has 0 spiro atoms. The second kappa shape index (κ2) is 8.57. The van der Waals surface area contributed by atoms with Crippen molar-refractivity contribution in [1.82, 2.24) is 0 Å². The van der Waals surface area contributed by atoms with Gasteiger partial charge in [0, 0.05) is 26.2 Å². The van der Waals surface area contributed by atoms with Crippen LogP contribution < -0.4 is 0 Å². The number of carbonyl (C=O) groups is 1. The van der Waals surface area contributed by atoms with Gasteiger partial charge in [-0.2, -0.15) is 0 Å². The van der Waals surface area contributed by atoms with Crippen LogP contribution in [0.1, 0.15) is 64.7 Å². The van der Waals surface area contributed by atoms with E-state index in [4.69, 9.17) is 14.2 Å². The summed E-state index contributed by atoms with van der Waals surface area (Å²) in [5.41, 5.74) is -0.0410. The molecule has 0 aromatic rings. The van der Waals surface area contributed by atoms with E-state index in [1.54, 1.807) is 14.0 Å². The van der Waals surface area contributed by atoms with E-state index >= 15 is 0 Å². The zero-order valence-electron chi connectivity index (χ0n) is 18.5. The Morgan fingerprint density at radius 3 is 2.52 bits per heavy atom. The highest BCUT2D eigenvalue weighted by Crippen LogP contribution is 2.67. The van der Waals surface area contributed by atoms with Crippen molar-refractivity contribution in [2.45, 2.75) is 70.8 Å². The summed E-state index contributed by atoms with van der Waals surface area (Å²) < 4.78 is 17.0. The molecule has 1 N–H and O–H groups in total. The van der Waals surface area contributed by atoms with E-state index in [-0.39, 0.29) is 23.4 Å². The Morgan fingerprint density at radius 1 is 1.00 bits per heavy atom. The fourth-order valence-corrected chi connectivity index (χ4v) is 8.64. The minimum Gasteiger partial charge on any atom is -0.396 e. The molecule has 166 valence electrons. The number of aliphatic hydroxyl groups is 1. The number of ketones is 1. The van der Waals surface area contributed by atoms with Gasteiger partial charge in [-0.3, -0.25) is 4.79 Å². The van der Waals surface area contributed by atoms with Gasteiger partial charge in [0.2, 0.25) is 0 Å². The van der Waals surface area contributed by atoms with Crippen LogP contribution in [0.5, 0.6) is 0 Å². The van der Waals surface area contributed by atoms with Crippen molar-refractivity contribution in [3.05, 3.63) is 0 Å². The Kier molecular flexibility index (Phi) is 6.42. The lowest BCUT2D eigenvalue weighted by Gasteiger charge is -2.62. The third-order valence-corrected chi connectivity index (χ3v) is 9.71. The van der Waals surface area contributed by atoms with Crippen LogP contribution in [0.4, 0.5) is 0 Å². The predicted octanol–water partition coefficient (Wildman–Crippen LogP) is 3.82. The van der Waals surface area contributed by atoms with Gasteiger partial charge in [-0.1, -0.05) is 0 Å². The van der Waals surface area contributed by atoms with Gasteiger partial charge < -0.3 is 19.3 Å². The third-order valence-electron chi connectivity index (χ3n) is 9.71. The minimum atomic E-state index is -0.268. The van der Waals surface area contributed by atoms with Crippen LogP contribution >= 0.6 is 0 Å². The molecule has 0 bridgehead atoms. The second-order valence-electron chi connectivity index (χ2n) is 10.4. The Bertz CT molecular complexity index is 594. The molecule has 29 heavy (non-hydrogen) atoms. The molecule has 4 aliphatic carbocycles. The first-order chi connectivity index (χ1) is 14.0. The molecule has 4 fully saturated rings. The highest BCUT2D eigenvalue weighted by molar-refractivity contribution is 5.83. The largest absolute Gasteiger partial charge is 0.396 e. The van der Waals surface area contributed by atoms with Crippen LogP contribution in [0.15, 0.2) is 0 Å². The molecule has 5 heteroatoms. The number of ether oxygens (including phenoxy) is 3. The molecule has 4 rings (SSSR count). The van der Waals surface area contributed by atoms with Crippen molar-refractivity contribution in [1.29, 1.82) is 0 Å². The zero-order chi connectivity index (χ0) is 20.6. The lowest BCUT2D eigenvalue weighted by atomic mass is 9.43. The van der Waals surface area contributed by atoms with E-state index < -0.39 is 0 Å². The minimum absolute atomic E-state index is 0.165. The lowest BCUT2D eigenvalue weighted by Crippen LogP contribution is -2.58. The maximum Gasteiger partial charge on any atom is 0.146 e. The number of carbonyl (C=O) groups excluding carboxylic acids is 1. The molecule has 5 nitrogen and oxygen atoms in total. The second-order valence-corrected chi connectivity index (χ2v) is 10.4. The zero-order valence-corrected chi connectivity index (χ0v) is 18.5.